The van der Waals surface area contributed by atoms with Crippen molar-refractivity contribution < 1.29 is 4.74 Å². The van der Waals surface area contributed by atoms with Gasteiger partial charge in [-0.25, -0.2) is 0 Å². The third kappa shape index (κ3) is 7.14. The lowest BCUT2D eigenvalue weighted by Crippen LogP contribution is -2.25. The molecule has 1 heteroatoms. The van der Waals surface area contributed by atoms with Crippen LogP contribution >= 0.6 is 0 Å². The summed E-state index contributed by atoms with van der Waals surface area (Å²) >= 11 is 0. The van der Waals surface area contributed by atoms with Crippen LogP contribution in [0.25, 0.3) is 0 Å². The Morgan fingerprint density at radius 2 is 1.52 bits per heavy atom. The van der Waals surface area contributed by atoms with Crippen LogP contribution in [0.1, 0.15) is 95.1 Å². The minimum atomic E-state index is 0.708. The molecule has 0 unspecified atom stereocenters. The van der Waals surface area contributed by atoms with Gasteiger partial charge in [0.2, 0.25) is 0 Å². The Bertz CT molecular complexity index is 610. The maximum absolute atomic E-state index is 5.67. The molecular weight excluding hydrogens is 352 g/mol. The maximum Gasteiger partial charge on any atom is 0.0721 e. The van der Waals surface area contributed by atoms with E-state index in [-0.39, 0.29) is 0 Å². The molecule has 0 aliphatic heterocycles. The van der Waals surface area contributed by atoms with Crippen molar-refractivity contribution in [1.29, 1.82) is 0 Å². The first kappa shape index (κ1) is 22.3. The highest BCUT2D eigenvalue weighted by Gasteiger charge is 2.30. The zero-order valence-corrected chi connectivity index (χ0v) is 18.8. The summed E-state index contributed by atoms with van der Waals surface area (Å²) in [6, 6.07) is 9.25. The zero-order chi connectivity index (χ0) is 20.3. The van der Waals surface area contributed by atoms with Gasteiger partial charge in [0.25, 0.3) is 0 Å². The molecule has 0 N–H and O–H groups in total. The van der Waals surface area contributed by atoms with Crippen LogP contribution in [-0.4, -0.2) is 6.61 Å². The first-order chi connectivity index (χ1) is 14.3. The van der Waals surface area contributed by atoms with Crippen molar-refractivity contribution in [1.82, 2.24) is 0 Å². The molecule has 0 spiro atoms. The predicted molar refractivity (Wildman–Crippen MR) is 125 cm³/mol. The SMILES string of the molecule is CC=CCOCc1ccc(C2CCC([C@H]3CC[C@H](/C=C/CCC)CC3)CC2)cc1. The van der Waals surface area contributed by atoms with Crippen LogP contribution in [0.2, 0.25) is 0 Å². The molecule has 0 atom stereocenters. The fourth-order valence-corrected chi connectivity index (χ4v) is 5.42. The topological polar surface area (TPSA) is 9.23 Å². The standard InChI is InChI=1S/C28H42O/c1-3-5-7-8-23-9-13-25(14-10-23)27-17-19-28(20-18-27)26-15-11-24(12-16-26)22-29-21-6-4-2/h4,6-8,11-12,15-16,23,25,27-28H,3,5,9-10,13-14,17-22H2,1-2H3/b6-4?,8-7+/t23-,25-,27?,28?. The number of unbranched alkanes of at least 4 members (excludes halogenated alkanes) is 1. The average molecular weight is 395 g/mol. The minimum Gasteiger partial charge on any atom is -0.373 e. The summed E-state index contributed by atoms with van der Waals surface area (Å²) in [5.74, 6) is 3.64. The number of rotatable bonds is 9. The summed E-state index contributed by atoms with van der Waals surface area (Å²) in [6.07, 6.45) is 23.0. The zero-order valence-electron chi connectivity index (χ0n) is 18.8. The molecule has 0 aromatic heterocycles. The molecule has 0 amide bonds. The summed E-state index contributed by atoms with van der Waals surface area (Å²) in [6.45, 7) is 5.73. The quantitative estimate of drug-likeness (QED) is 0.303. The number of allylic oxidation sites excluding steroid dienone is 3. The highest BCUT2D eigenvalue weighted by molar-refractivity contribution is 5.25. The van der Waals surface area contributed by atoms with Crippen molar-refractivity contribution in [2.75, 3.05) is 6.61 Å². The Labute approximate surface area is 179 Å². The van der Waals surface area contributed by atoms with Crippen LogP contribution in [-0.2, 0) is 11.3 Å². The third-order valence-electron chi connectivity index (χ3n) is 7.29. The summed E-state index contributed by atoms with van der Waals surface area (Å²) < 4.78 is 5.67. The molecule has 1 aromatic rings. The molecule has 2 aliphatic rings. The molecule has 0 bridgehead atoms. The highest BCUT2D eigenvalue weighted by atomic mass is 16.5. The second-order valence-corrected chi connectivity index (χ2v) is 9.33. The van der Waals surface area contributed by atoms with Gasteiger partial charge in [-0.3, -0.25) is 0 Å². The van der Waals surface area contributed by atoms with Gasteiger partial charge in [0.1, 0.15) is 0 Å². The van der Waals surface area contributed by atoms with E-state index in [0.717, 1.165) is 23.7 Å². The van der Waals surface area contributed by atoms with Gasteiger partial charge in [0.15, 0.2) is 0 Å². The normalized spacial score (nSPS) is 28.3. The number of benzene rings is 1. The molecule has 0 heterocycles. The molecule has 29 heavy (non-hydrogen) atoms. The number of ether oxygens (including phenoxy) is 1. The van der Waals surface area contributed by atoms with Gasteiger partial charge in [0.05, 0.1) is 13.2 Å². The highest BCUT2D eigenvalue weighted by Crippen LogP contribution is 2.44. The fourth-order valence-electron chi connectivity index (χ4n) is 5.42. The van der Waals surface area contributed by atoms with Crippen LogP contribution in [0.5, 0.6) is 0 Å². The van der Waals surface area contributed by atoms with Gasteiger partial charge in [0, 0.05) is 0 Å². The van der Waals surface area contributed by atoms with Gasteiger partial charge in [-0.1, -0.05) is 61.9 Å². The molecular formula is C28H42O. The summed E-state index contributed by atoms with van der Waals surface area (Å²) in [5, 5.41) is 0. The van der Waals surface area contributed by atoms with Crippen LogP contribution in [0.4, 0.5) is 0 Å². The van der Waals surface area contributed by atoms with Crippen LogP contribution in [0.15, 0.2) is 48.6 Å². The number of hydrogen-bond donors (Lipinski definition) is 0. The van der Waals surface area contributed by atoms with Crippen molar-refractivity contribution >= 4 is 0 Å². The van der Waals surface area contributed by atoms with Gasteiger partial charge < -0.3 is 4.74 Å². The fraction of sp³-hybridized carbons (Fsp3) is 0.643. The monoisotopic (exact) mass is 394 g/mol. The lowest BCUT2D eigenvalue weighted by molar-refractivity contribution is 0.148. The van der Waals surface area contributed by atoms with Crippen molar-refractivity contribution in [3.63, 3.8) is 0 Å². The molecule has 0 radical (unpaired) electrons. The predicted octanol–water partition coefficient (Wildman–Crippen LogP) is 8.22. The smallest absolute Gasteiger partial charge is 0.0721 e. The Kier molecular flexibility index (Phi) is 9.54. The van der Waals surface area contributed by atoms with Crippen molar-refractivity contribution in [3.05, 3.63) is 59.7 Å². The van der Waals surface area contributed by atoms with Gasteiger partial charge in [-0.15, -0.1) is 0 Å². The summed E-state index contributed by atoms with van der Waals surface area (Å²) in [5.41, 5.74) is 2.84. The van der Waals surface area contributed by atoms with E-state index in [1.165, 1.54) is 69.8 Å². The van der Waals surface area contributed by atoms with Crippen LogP contribution in [0, 0.1) is 17.8 Å². The second kappa shape index (κ2) is 12.4. The Morgan fingerprint density at radius 3 is 2.14 bits per heavy atom. The first-order valence-corrected chi connectivity index (χ1v) is 12.2. The number of hydrogen-bond acceptors (Lipinski definition) is 1. The van der Waals surface area contributed by atoms with E-state index < -0.39 is 0 Å². The van der Waals surface area contributed by atoms with Gasteiger partial charge >= 0.3 is 0 Å². The second-order valence-electron chi connectivity index (χ2n) is 9.33. The molecule has 2 saturated carbocycles. The Morgan fingerprint density at radius 1 is 0.862 bits per heavy atom. The molecule has 2 aliphatic carbocycles. The lowest BCUT2D eigenvalue weighted by atomic mass is 9.68. The van der Waals surface area contributed by atoms with E-state index in [9.17, 15) is 0 Å². The molecule has 0 saturated heterocycles. The first-order valence-electron chi connectivity index (χ1n) is 12.2. The maximum atomic E-state index is 5.67. The minimum absolute atomic E-state index is 0.708. The third-order valence-corrected chi connectivity index (χ3v) is 7.29. The van der Waals surface area contributed by atoms with E-state index in [1.807, 2.05) is 13.0 Å². The van der Waals surface area contributed by atoms with Crippen molar-refractivity contribution in [2.45, 2.75) is 90.6 Å². The van der Waals surface area contributed by atoms with Crippen molar-refractivity contribution in [3.8, 4) is 0 Å². The summed E-state index contributed by atoms with van der Waals surface area (Å²) in [4.78, 5) is 0. The molecule has 1 aromatic carbocycles. The summed E-state index contributed by atoms with van der Waals surface area (Å²) in [7, 11) is 0. The van der Waals surface area contributed by atoms with E-state index in [4.69, 9.17) is 4.74 Å². The lowest BCUT2D eigenvalue weighted by Gasteiger charge is -2.37. The van der Waals surface area contributed by atoms with E-state index in [2.05, 4.69) is 49.4 Å². The Balaban J connectivity index is 1.39. The van der Waals surface area contributed by atoms with E-state index >= 15 is 0 Å². The molecule has 2 fully saturated rings. The van der Waals surface area contributed by atoms with E-state index in [1.54, 1.807) is 5.56 Å². The van der Waals surface area contributed by atoms with Crippen LogP contribution in [0.3, 0.4) is 0 Å². The molecule has 3 rings (SSSR count). The Hall–Kier alpha value is -1.34. The van der Waals surface area contributed by atoms with Crippen molar-refractivity contribution in [2.24, 2.45) is 17.8 Å². The van der Waals surface area contributed by atoms with Gasteiger partial charge in [-0.2, -0.15) is 0 Å². The molecule has 1 nitrogen and oxygen atoms in total. The van der Waals surface area contributed by atoms with Gasteiger partial charge in [-0.05, 0) is 99.5 Å². The van der Waals surface area contributed by atoms with Crippen LogP contribution < -0.4 is 0 Å². The van der Waals surface area contributed by atoms with E-state index in [0.29, 0.717) is 13.2 Å². The average Bonchev–Trinajstić information content (AvgIpc) is 2.78. The largest absolute Gasteiger partial charge is 0.373 e. The molecule has 160 valence electrons.